The van der Waals surface area contributed by atoms with E-state index in [1.165, 1.54) is 0 Å². The summed E-state index contributed by atoms with van der Waals surface area (Å²) in [7, 11) is 0. The lowest BCUT2D eigenvalue weighted by atomic mass is 10.0. The lowest BCUT2D eigenvalue weighted by molar-refractivity contribution is -0.143. The maximum atomic E-state index is 12.9. The van der Waals surface area contributed by atoms with Gasteiger partial charge in [0.25, 0.3) is 11.8 Å². The van der Waals surface area contributed by atoms with Crippen LogP contribution in [0, 0.1) is 6.92 Å². The van der Waals surface area contributed by atoms with Gasteiger partial charge < -0.3 is 14.9 Å². The van der Waals surface area contributed by atoms with Gasteiger partial charge in [-0.05, 0) is 37.5 Å². The van der Waals surface area contributed by atoms with Crippen molar-refractivity contribution in [2.45, 2.75) is 25.4 Å². The molecular weight excluding hydrogens is 380 g/mol. The molecule has 2 amide bonds. The van der Waals surface area contributed by atoms with Crippen molar-refractivity contribution >= 4 is 22.7 Å². The molecule has 154 valence electrons. The third-order valence-corrected chi connectivity index (χ3v) is 6.19. The van der Waals surface area contributed by atoms with Crippen LogP contribution in [0.15, 0.2) is 42.5 Å². The molecule has 0 unspecified atom stereocenters. The number of aliphatic hydroxyl groups is 1. The molecule has 0 radical (unpaired) electrons. The highest BCUT2D eigenvalue weighted by Gasteiger charge is 2.50. The van der Waals surface area contributed by atoms with Gasteiger partial charge in [-0.3, -0.25) is 14.7 Å². The van der Waals surface area contributed by atoms with Crippen molar-refractivity contribution in [2.24, 2.45) is 0 Å². The van der Waals surface area contributed by atoms with E-state index < -0.39 is 5.60 Å². The maximum Gasteiger partial charge on any atom is 0.254 e. The van der Waals surface area contributed by atoms with Crippen LogP contribution in [0.2, 0.25) is 0 Å². The number of hydrogen-bond acceptors (Lipinski definition) is 4. The molecule has 1 aliphatic heterocycles. The number of amides is 2. The fourth-order valence-corrected chi connectivity index (χ4v) is 4.11. The lowest BCUT2D eigenvalue weighted by Gasteiger charge is -2.35. The van der Waals surface area contributed by atoms with Crippen LogP contribution >= 0.6 is 0 Å². The lowest BCUT2D eigenvalue weighted by Crippen LogP contribution is -2.53. The molecule has 2 heterocycles. The number of nitrogens with one attached hydrogen (secondary N) is 1. The van der Waals surface area contributed by atoms with Gasteiger partial charge in [0, 0.05) is 48.4 Å². The van der Waals surface area contributed by atoms with E-state index in [1.807, 2.05) is 49.4 Å². The topological polar surface area (TPSA) is 89.5 Å². The number of aromatic nitrogens is 2. The average molecular weight is 404 g/mol. The number of aromatic amines is 1. The zero-order chi connectivity index (χ0) is 20.9. The molecule has 1 saturated heterocycles. The molecule has 2 fully saturated rings. The molecule has 7 heteroatoms. The summed E-state index contributed by atoms with van der Waals surface area (Å²) < 4.78 is 0. The molecule has 2 aromatic carbocycles. The minimum atomic E-state index is -1.14. The molecule has 1 aromatic heterocycles. The van der Waals surface area contributed by atoms with E-state index in [9.17, 15) is 14.7 Å². The predicted molar refractivity (Wildman–Crippen MR) is 113 cm³/mol. The number of rotatable bonds is 3. The summed E-state index contributed by atoms with van der Waals surface area (Å²) in [6.45, 7) is 3.89. The number of nitrogens with zero attached hydrogens (tertiary/aromatic N) is 3. The van der Waals surface area contributed by atoms with Crippen molar-refractivity contribution in [2.75, 3.05) is 26.2 Å². The van der Waals surface area contributed by atoms with Gasteiger partial charge in [-0.25, -0.2) is 0 Å². The number of carbonyl (C=O) groups excluding carboxylic acids is 2. The Balaban J connectivity index is 1.29. The summed E-state index contributed by atoms with van der Waals surface area (Å²) in [4.78, 5) is 28.6. The molecule has 0 bridgehead atoms. The Morgan fingerprint density at radius 2 is 1.67 bits per heavy atom. The second-order valence-corrected chi connectivity index (χ2v) is 8.24. The van der Waals surface area contributed by atoms with Gasteiger partial charge in [0.15, 0.2) is 0 Å². The molecular formula is C23H24N4O3. The first-order valence-corrected chi connectivity index (χ1v) is 10.3. The van der Waals surface area contributed by atoms with Gasteiger partial charge >= 0.3 is 0 Å². The Kier molecular flexibility index (Phi) is 4.36. The SMILES string of the molecule is Cc1[nH]nc2c(-c3ccc(C(=O)N4CCN(C(=O)C5(O)CC5)CC4)cc3)cccc12. The van der Waals surface area contributed by atoms with E-state index in [1.54, 1.807) is 9.80 Å². The van der Waals surface area contributed by atoms with Crippen LogP contribution in [0.3, 0.4) is 0 Å². The van der Waals surface area contributed by atoms with E-state index in [4.69, 9.17) is 0 Å². The quantitative estimate of drug-likeness (QED) is 0.701. The summed E-state index contributed by atoms with van der Waals surface area (Å²) in [5.41, 5.74) is 3.48. The fraction of sp³-hybridized carbons (Fsp3) is 0.348. The van der Waals surface area contributed by atoms with Gasteiger partial charge in [0.05, 0.1) is 0 Å². The highest BCUT2D eigenvalue weighted by Crippen LogP contribution is 2.37. The van der Waals surface area contributed by atoms with Crippen LogP contribution in [-0.2, 0) is 4.79 Å². The average Bonchev–Trinajstić information content (AvgIpc) is 3.43. The summed E-state index contributed by atoms with van der Waals surface area (Å²) in [6, 6.07) is 13.7. The van der Waals surface area contributed by atoms with Crippen molar-refractivity contribution in [3.8, 4) is 11.1 Å². The van der Waals surface area contributed by atoms with E-state index in [0.717, 1.165) is 27.7 Å². The second kappa shape index (κ2) is 6.95. The van der Waals surface area contributed by atoms with Crippen molar-refractivity contribution in [1.82, 2.24) is 20.0 Å². The van der Waals surface area contributed by atoms with E-state index in [2.05, 4.69) is 10.2 Å². The molecule has 1 saturated carbocycles. The molecule has 0 atom stereocenters. The normalized spacial score (nSPS) is 17.9. The number of H-pyrrole nitrogens is 1. The van der Waals surface area contributed by atoms with Crippen molar-refractivity contribution in [3.05, 3.63) is 53.7 Å². The molecule has 7 nitrogen and oxygen atoms in total. The summed E-state index contributed by atoms with van der Waals surface area (Å²) in [5.74, 6) is -0.227. The molecule has 0 spiro atoms. The summed E-state index contributed by atoms with van der Waals surface area (Å²) >= 11 is 0. The molecule has 3 aromatic rings. The third kappa shape index (κ3) is 3.15. The third-order valence-electron chi connectivity index (χ3n) is 6.19. The Hall–Kier alpha value is -3.19. The standard InChI is InChI=1S/C23H24N4O3/c1-15-18-3-2-4-19(20(18)25-24-15)16-5-7-17(8-6-16)21(28)26-11-13-27(14-12-26)22(29)23(30)9-10-23/h2-8,30H,9-14H2,1H3,(H,24,25). The van der Waals surface area contributed by atoms with E-state index in [0.29, 0.717) is 44.6 Å². The highest BCUT2D eigenvalue weighted by atomic mass is 16.3. The van der Waals surface area contributed by atoms with E-state index >= 15 is 0 Å². The first-order valence-electron chi connectivity index (χ1n) is 10.3. The van der Waals surface area contributed by atoms with E-state index in [-0.39, 0.29) is 11.8 Å². The highest BCUT2D eigenvalue weighted by molar-refractivity contribution is 5.97. The van der Waals surface area contributed by atoms with Crippen molar-refractivity contribution in [1.29, 1.82) is 0 Å². The second-order valence-electron chi connectivity index (χ2n) is 8.24. The Morgan fingerprint density at radius 3 is 2.33 bits per heavy atom. The zero-order valence-corrected chi connectivity index (χ0v) is 16.9. The molecule has 1 aliphatic carbocycles. The number of fused-ring (bicyclic) bond motifs is 1. The van der Waals surface area contributed by atoms with Gasteiger partial charge in [-0.2, -0.15) is 5.10 Å². The number of carbonyl (C=O) groups is 2. The first-order chi connectivity index (χ1) is 14.5. The van der Waals surface area contributed by atoms with Gasteiger partial charge in [0.1, 0.15) is 11.1 Å². The van der Waals surface area contributed by atoms with Crippen LogP contribution in [-0.4, -0.2) is 68.7 Å². The minimum absolute atomic E-state index is 0.0346. The maximum absolute atomic E-state index is 12.9. The van der Waals surface area contributed by atoms with Crippen LogP contribution in [0.25, 0.3) is 22.0 Å². The summed E-state index contributed by atoms with van der Waals surface area (Å²) in [6.07, 6.45) is 1.09. The van der Waals surface area contributed by atoms with Gasteiger partial charge in [-0.15, -0.1) is 0 Å². The predicted octanol–water partition coefficient (Wildman–Crippen LogP) is 2.35. The number of hydrogen-bond donors (Lipinski definition) is 2. The molecule has 5 rings (SSSR count). The monoisotopic (exact) mass is 404 g/mol. The Morgan fingerprint density at radius 1 is 1.00 bits per heavy atom. The van der Waals surface area contributed by atoms with Gasteiger partial charge in [0.2, 0.25) is 0 Å². The van der Waals surface area contributed by atoms with Gasteiger partial charge in [-0.1, -0.05) is 30.3 Å². The number of para-hydroxylation sites is 1. The van der Waals surface area contributed by atoms with Crippen molar-refractivity contribution < 1.29 is 14.7 Å². The van der Waals surface area contributed by atoms with Crippen LogP contribution in [0.4, 0.5) is 0 Å². The fourth-order valence-electron chi connectivity index (χ4n) is 4.11. The minimum Gasteiger partial charge on any atom is -0.380 e. The number of benzene rings is 2. The number of aryl methyl sites for hydroxylation is 1. The number of piperazine rings is 1. The van der Waals surface area contributed by atoms with Crippen LogP contribution in [0.1, 0.15) is 28.9 Å². The molecule has 2 N–H and O–H groups in total. The largest absolute Gasteiger partial charge is 0.380 e. The zero-order valence-electron chi connectivity index (χ0n) is 16.9. The summed E-state index contributed by atoms with van der Waals surface area (Å²) in [5, 5.41) is 18.6. The Bertz CT molecular complexity index is 1120. The van der Waals surface area contributed by atoms with Crippen LogP contribution < -0.4 is 0 Å². The first kappa shape index (κ1) is 18.8. The molecule has 2 aliphatic rings. The van der Waals surface area contributed by atoms with Crippen molar-refractivity contribution in [3.63, 3.8) is 0 Å². The smallest absolute Gasteiger partial charge is 0.254 e. The Labute approximate surface area is 174 Å². The van der Waals surface area contributed by atoms with Crippen LogP contribution in [0.5, 0.6) is 0 Å². The molecule has 30 heavy (non-hydrogen) atoms.